The Kier molecular flexibility index (Phi) is 6.68. The fraction of sp³-hybridized carbons (Fsp3) is 0.619. The van der Waals surface area contributed by atoms with Crippen LogP contribution in [0.4, 0.5) is 5.69 Å². The summed E-state index contributed by atoms with van der Waals surface area (Å²) in [5, 5.41) is 5.64. The Morgan fingerprint density at radius 3 is 2.38 bits per heavy atom. The van der Waals surface area contributed by atoms with Crippen molar-refractivity contribution in [2.45, 2.75) is 71.9 Å². The molecule has 1 aromatic carbocycles. The lowest BCUT2D eigenvalue weighted by atomic mass is 9.78. The van der Waals surface area contributed by atoms with Crippen LogP contribution in [-0.2, 0) is 9.59 Å². The third-order valence-electron chi connectivity index (χ3n) is 4.75. The van der Waals surface area contributed by atoms with E-state index in [0.29, 0.717) is 23.3 Å². The largest absolute Gasteiger partial charge is 0.486 e. The fourth-order valence-electron chi connectivity index (χ4n) is 3.54. The normalized spacial score (nSPS) is 20.5. The first-order valence-electron chi connectivity index (χ1n) is 9.57. The predicted molar refractivity (Wildman–Crippen MR) is 104 cm³/mol. The second kappa shape index (κ2) is 8.56. The van der Waals surface area contributed by atoms with E-state index < -0.39 is 17.4 Å². The van der Waals surface area contributed by atoms with E-state index in [1.54, 1.807) is 18.2 Å². The Hall–Kier alpha value is -2.04. The van der Waals surface area contributed by atoms with Crippen LogP contribution in [-0.4, -0.2) is 23.5 Å². The molecule has 0 saturated heterocycles. The molecule has 0 aliphatic heterocycles. The molecule has 5 heteroatoms. The monoisotopic (exact) mass is 360 g/mol. The van der Waals surface area contributed by atoms with Crippen molar-refractivity contribution >= 4 is 17.5 Å². The molecule has 2 rings (SSSR count). The van der Waals surface area contributed by atoms with Gasteiger partial charge >= 0.3 is 11.8 Å². The maximum Gasteiger partial charge on any atom is 0.313 e. The molecule has 1 aliphatic carbocycles. The standard InChI is InChI=1S/C21H32N2O3/c1-14(2)15-10-6-7-11-16(15)22-19(24)20(25)23-17-12-8-9-13-18(17)26-21(3,4)5/h8-9,12-16H,6-7,10-11H2,1-5H3,(H,22,24)(H,23,25). The van der Waals surface area contributed by atoms with Crippen LogP contribution in [0.1, 0.15) is 60.3 Å². The average molecular weight is 360 g/mol. The maximum absolute atomic E-state index is 12.4. The Bertz CT molecular complexity index is 634. The molecule has 0 radical (unpaired) electrons. The zero-order valence-electron chi connectivity index (χ0n) is 16.6. The second-order valence-corrected chi connectivity index (χ2v) is 8.44. The molecular weight excluding hydrogens is 328 g/mol. The first kappa shape index (κ1) is 20.3. The summed E-state index contributed by atoms with van der Waals surface area (Å²) in [6.45, 7) is 10.2. The molecule has 2 N–H and O–H groups in total. The highest BCUT2D eigenvalue weighted by Crippen LogP contribution is 2.30. The van der Waals surface area contributed by atoms with Crippen LogP contribution in [0.5, 0.6) is 5.75 Å². The molecule has 0 bridgehead atoms. The molecule has 5 nitrogen and oxygen atoms in total. The van der Waals surface area contributed by atoms with Gasteiger partial charge in [0.25, 0.3) is 0 Å². The highest BCUT2D eigenvalue weighted by Gasteiger charge is 2.30. The number of carbonyl (C=O) groups excluding carboxylic acids is 2. The van der Waals surface area contributed by atoms with Gasteiger partial charge in [0, 0.05) is 6.04 Å². The van der Waals surface area contributed by atoms with E-state index in [9.17, 15) is 9.59 Å². The molecule has 0 spiro atoms. The molecule has 26 heavy (non-hydrogen) atoms. The number of anilines is 1. The molecule has 0 aromatic heterocycles. The first-order chi connectivity index (χ1) is 12.2. The van der Waals surface area contributed by atoms with E-state index in [-0.39, 0.29) is 6.04 Å². The summed E-state index contributed by atoms with van der Waals surface area (Å²) in [5.74, 6) is 0.247. The van der Waals surface area contributed by atoms with Gasteiger partial charge in [-0.15, -0.1) is 0 Å². The number of nitrogens with one attached hydrogen (secondary N) is 2. The maximum atomic E-state index is 12.4. The van der Waals surface area contributed by atoms with Crippen molar-refractivity contribution < 1.29 is 14.3 Å². The highest BCUT2D eigenvalue weighted by molar-refractivity contribution is 6.39. The zero-order valence-corrected chi connectivity index (χ0v) is 16.6. The van der Waals surface area contributed by atoms with Gasteiger partial charge in [-0.05, 0) is 57.6 Å². The summed E-state index contributed by atoms with van der Waals surface area (Å²) in [4.78, 5) is 24.8. The summed E-state index contributed by atoms with van der Waals surface area (Å²) in [6, 6.07) is 7.24. The Morgan fingerprint density at radius 2 is 1.73 bits per heavy atom. The summed E-state index contributed by atoms with van der Waals surface area (Å²) >= 11 is 0. The molecule has 2 unspecified atom stereocenters. The molecule has 2 amide bonds. The molecule has 1 aromatic rings. The van der Waals surface area contributed by atoms with E-state index in [1.807, 2.05) is 26.8 Å². The average Bonchev–Trinajstić information content (AvgIpc) is 2.55. The van der Waals surface area contributed by atoms with Crippen molar-refractivity contribution in [1.82, 2.24) is 5.32 Å². The van der Waals surface area contributed by atoms with Gasteiger partial charge in [0.1, 0.15) is 11.4 Å². The van der Waals surface area contributed by atoms with Crippen LogP contribution in [0, 0.1) is 11.8 Å². The van der Waals surface area contributed by atoms with Crippen molar-refractivity contribution in [3.8, 4) is 5.75 Å². The lowest BCUT2D eigenvalue weighted by molar-refractivity contribution is -0.137. The number of para-hydroxylation sites is 2. The van der Waals surface area contributed by atoms with Crippen LogP contribution in [0.25, 0.3) is 0 Å². The number of hydrogen-bond donors (Lipinski definition) is 2. The van der Waals surface area contributed by atoms with Gasteiger partial charge in [0.05, 0.1) is 5.69 Å². The topological polar surface area (TPSA) is 67.4 Å². The van der Waals surface area contributed by atoms with Gasteiger partial charge in [0.2, 0.25) is 0 Å². The molecule has 144 valence electrons. The van der Waals surface area contributed by atoms with Crippen molar-refractivity contribution in [3.63, 3.8) is 0 Å². The van der Waals surface area contributed by atoms with E-state index >= 15 is 0 Å². The van der Waals surface area contributed by atoms with E-state index in [1.165, 1.54) is 6.42 Å². The molecular formula is C21H32N2O3. The Labute approximate surface area is 156 Å². The van der Waals surface area contributed by atoms with Gasteiger partial charge in [-0.2, -0.15) is 0 Å². The van der Waals surface area contributed by atoms with Crippen LogP contribution in [0.2, 0.25) is 0 Å². The van der Waals surface area contributed by atoms with E-state index in [4.69, 9.17) is 4.74 Å². The summed E-state index contributed by atoms with van der Waals surface area (Å²) < 4.78 is 5.87. The SMILES string of the molecule is CC(C)C1CCCCC1NC(=O)C(=O)Nc1ccccc1OC(C)(C)C. The lowest BCUT2D eigenvalue weighted by Gasteiger charge is -2.34. The number of hydrogen-bond acceptors (Lipinski definition) is 3. The molecule has 2 atom stereocenters. The highest BCUT2D eigenvalue weighted by atomic mass is 16.5. The lowest BCUT2D eigenvalue weighted by Crippen LogP contribution is -2.47. The zero-order chi connectivity index (χ0) is 19.3. The molecule has 1 aliphatic rings. The third kappa shape index (κ3) is 5.75. The molecule has 1 saturated carbocycles. The summed E-state index contributed by atoms with van der Waals surface area (Å²) in [6.07, 6.45) is 4.33. The number of amides is 2. The van der Waals surface area contributed by atoms with Crippen LogP contribution >= 0.6 is 0 Å². The number of rotatable bonds is 4. The predicted octanol–water partition coefficient (Wildman–Crippen LogP) is 4.13. The van der Waals surface area contributed by atoms with Crippen LogP contribution in [0.3, 0.4) is 0 Å². The van der Waals surface area contributed by atoms with E-state index in [0.717, 1.165) is 19.3 Å². The Balaban J connectivity index is 2.02. The van der Waals surface area contributed by atoms with Crippen LogP contribution < -0.4 is 15.4 Å². The Morgan fingerprint density at radius 1 is 1.08 bits per heavy atom. The van der Waals surface area contributed by atoms with Crippen molar-refractivity contribution in [3.05, 3.63) is 24.3 Å². The van der Waals surface area contributed by atoms with Gasteiger partial charge in [-0.1, -0.05) is 38.8 Å². The molecule has 1 fully saturated rings. The quantitative estimate of drug-likeness (QED) is 0.793. The van der Waals surface area contributed by atoms with Crippen molar-refractivity contribution in [2.75, 3.05) is 5.32 Å². The number of benzene rings is 1. The fourth-order valence-corrected chi connectivity index (χ4v) is 3.54. The molecule has 0 heterocycles. The first-order valence-corrected chi connectivity index (χ1v) is 9.57. The van der Waals surface area contributed by atoms with Crippen LogP contribution in [0.15, 0.2) is 24.3 Å². The summed E-state index contributed by atoms with van der Waals surface area (Å²) in [7, 11) is 0. The van der Waals surface area contributed by atoms with Crippen molar-refractivity contribution in [1.29, 1.82) is 0 Å². The van der Waals surface area contributed by atoms with Gasteiger partial charge in [-0.25, -0.2) is 0 Å². The summed E-state index contributed by atoms with van der Waals surface area (Å²) in [5.41, 5.74) is 0.113. The van der Waals surface area contributed by atoms with Crippen molar-refractivity contribution in [2.24, 2.45) is 11.8 Å². The van der Waals surface area contributed by atoms with Gasteiger partial charge in [0.15, 0.2) is 0 Å². The minimum Gasteiger partial charge on any atom is -0.486 e. The van der Waals surface area contributed by atoms with Gasteiger partial charge in [-0.3, -0.25) is 9.59 Å². The second-order valence-electron chi connectivity index (χ2n) is 8.44. The smallest absolute Gasteiger partial charge is 0.313 e. The minimum atomic E-state index is -0.650. The number of carbonyl (C=O) groups is 2. The third-order valence-corrected chi connectivity index (χ3v) is 4.75. The minimum absolute atomic E-state index is 0.0723. The number of ether oxygens (including phenoxy) is 1. The van der Waals surface area contributed by atoms with Gasteiger partial charge < -0.3 is 15.4 Å². The van der Waals surface area contributed by atoms with E-state index in [2.05, 4.69) is 24.5 Å².